The molecule has 6 heteroatoms. The van der Waals surface area contributed by atoms with Crippen molar-refractivity contribution in [3.63, 3.8) is 0 Å². The van der Waals surface area contributed by atoms with Gasteiger partial charge in [-0.05, 0) is 51.0 Å². The van der Waals surface area contributed by atoms with Gasteiger partial charge in [-0.2, -0.15) is 5.10 Å². The van der Waals surface area contributed by atoms with E-state index in [1.807, 2.05) is 36.9 Å². The molecule has 2 aromatic carbocycles. The number of nitrogens with zero attached hydrogens (tertiary/aromatic N) is 4. The van der Waals surface area contributed by atoms with E-state index in [1.54, 1.807) is 6.07 Å². The average molecular weight is 405 g/mol. The summed E-state index contributed by atoms with van der Waals surface area (Å²) in [6.45, 7) is 10.9. The molecule has 6 nitrogen and oxygen atoms in total. The molecule has 0 saturated carbocycles. The Labute approximate surface area is 176 Å². The molecule has 2 heterocycles. The number of hydrogen-bond acceptors (Lipinski definition) is 4. The second-order valence-corrected chi connectivity index (χ2v) is 8.24. The molecule has 0 spiro atoms. The summed E-state index contributed by atoms with van der Waals surface area (Å²) in [5.41, 5.74) is 4.00. The molecule has 3 aromatic rings. The van der Waals surface area contributed by atoms with Crippen molar-refractivity contribution in [2.24, 2.45) is 0 Å². The van der Waals surface area contributed by atoms with E-state index < -0.39 is 0 Å². The van der Waals surface area contributed by atoms with Crippen molar-refractivity contribution in [2.75, 3.05) is 31.1 Å². The second kappa shape index (κ2) is 7.94. The van der Waals surface area contributed by atoms with Crippen LogP contribution < -0.4 is 10.5 Å². The van der Waals surface area contributed by atoms with Gasteiger partial charge in [-0.1, -0.05) is 30.3 Å². The first-order valence-electron chi connectivity index (χ1n) is 10.5. The molecule has 0 aliphatic carbocycles. The van der Waals surface area contributed by atoms with Gasteiger partial charge in [0.25, 0.3) is 11.5 Å². The number of benzene rings is 2. The second-order valence-electron chi connectivity index (χ2n) is 8.24. The summed E-state index contributed by atoms with van der Waals surface area (Å²) >= 11 is 0. The minimum absolute atomic E-state index is 0.110. The highest BCUT2D eigenvalue weighted by molar-refractivity contribution is 6.04. The summed E-state index contributed by atoms with van der Waals surface area (Å²) < 4.78 is 1.42. The molecule has 1 aromatic heterocycles. The lowest BCUT2D eigenvalue weighted by Gasteiger charge is -2.37. The lowest BCUT2D eigenvalue weighted by Crippen LogP contribution is -2.49. The van der Waals surface area contributed by atoms with Crippen LogP contribution in [0.4, 0.5) is 5.69 Å². The summed E-state index contributed by atoms with van der Waals surface area (Å²) in [4.78, 5) is 30.3. The summed E-state index contributed by atoms with van der Waals surface area (Å²) in [7, 11) is 0. The molecular weight excluding hydrogens is 376 g/mol. The van der Waals surface area contributed by atoms with Crippen LogP contribution in [0.3, 0.4) is 0 Å². The third-order valence-electron chi connectivity index (χ3n) is 6.00. The smallest absolute Gasteiger partial charge is 0.275 e. The van der Waals surface area contributed by atoms with Crippen LogP contribution >= 0.6 is 0 Å². The molecule has 30 heavy (non-hydrogen) atoms. The number of piperazine rings is 1. The van der Waals surface area contributed by atoms with Gasteiger partial charge in [0, 0.05) is 37.3 Å². The predicted molar refractivity (Wildman–Crippen MR) is 120 cm³/mol. The van der Waals surface area contributed by atoms with Crippen LogP contribution in [-0.2, 0) is 0 Å². The van der Waals surface area contributed by atoms with Crippen LogP contribution in [0.25, 0.3) is 10.8 Å². The SMILES string of the molecule is Cc1cccc(N2CCN(C(=O)c3nn(C(C)C)c(=O)c4ccccc34)CC2)c1C. The first-order valence-corrected chi connectivity index (χ1v) is 10.5. The maximum atomic E-state index is 13.4. The van der Waals surface area contributed by atoms with Gasteiger partial charge in [-0.15, -0.1) is 0 Å². The minimum atomic E-state index is -0.156. The van der Waals surface area contributed by atoms with Crippen LogP contribution in [0, 0.1) is 13.8 Å². The van der Waals surface area contributed by atoms with Crippen molar-refractivity contribution in [1.82, 2.24) is 14.7 Å². The van der Waals surface area contributed by atoms with Gasteiger partial charge in [-0.3, -0.25) is 9.59 Å². The number of aromatic nitrogens is 2. The van der Waals surface area contributed by atoms with E-state index in [4.69, 9.17) is 0 Å². The van der Waals surface area contributed by atoms with Crippen molar-refractivity contribution >= 4 is 22.4 Å². The lowest BCUT2D eigenvalue weighted by atomic mass is 10.1. The van der Waals surface area contributed by atoms with Crippen LogP contribution in [0.2, 0.25) is 0 Å². The minimum Gasteiger partial charge on any atom is -0.368 e. The summed E-state index contributed by atoms with van der Waals surface area (Å²) in [6, 6.07) is 13.5. The fourth-order valence-electron chi connectivity index (χ4n) is 4.09. The van der Waals surface area contributed by atoms with Gasteiger partial charge in [0.05, 0.1) is 11.4 Å². The van der Waals surface area contributed by atoms with Gasteiger partial charge < -0.3 is 9.80 Å². The number of carbonyl (C=O) groups excluding carboxylic acids is 1. The molecule has 1 fully saturated rings. The maximum Gasteiger partial charge on any atom is 0.275 e. The molecule has 0 bridgehead atoms. The highest BCUT2D eigenvalue weighted by Crippen LogP contribution is 2.24. The molecule has 1 aliphatic heterocycles. The van der Waals surface area contributed by atoms with E-state index in [0.717, 1.165) is 13.1 Å². The van der Waals surface area contributed by atoms with Crippen molar-refractivity contribution in [2.45, 2.75) is 33.7 Å². The Morgan fingerprint density at radius 2 is 1.60 bits per heavy atom. The Bertz CT molecular complexity index is 1160. The van der Waals surface area contributed by atoms with E-state index in [2.05, 4.69) is 42.0 Å². The van der Waals surface area contributed by atoms with Gasteiger partial charge in [-0.25, -0.2) is 4.68 Å². The van der Waals surface area contributed by atoms with E-state index in [0.29, 0.717) is 29.6 Å². The fraction of sp³-hybridized carbons (Fsp3) is 0.375. The first-order chi connectivity index (χ1) is 14.4. The predicted octanol–water partition coefficient (Wildman–Crippen LogP) is 3.56. The van der Waals surface area contributed by atoms with Crippen molar-refractivity contribution in [3.8, 4) is 0 Å². The van der Waals surface area contributed by atoms with E-state index >= 15 is 0 Å². The normalized spacial score (nSPS) is 14.6. The van der Waals surface area contributed by atoms with Crippen LogP contribution in [-0.4, -0.2) is 46.8 Å². The van der Waals surface area contributed by atoms with Gasteiger partial charge in [0.1, 0.15) is 0 Å². The molecule has 1 saturated heterocycles. The van der Waals surface area contributed by atoms with E-state index in [1.165, 1.54) is 21.5 Å². The molecule has 0 unspecified atom stereocenters. The summed E-state index contributed by atoms with van der Waals surface area (Å²) in [6.07, 6.45) is 0. The average Bonchev–Trinajstić information content (AvgIpc) is 2.75. The van der Waals surface area contributed by atoms with Gasteiger partial charge >= 0.3 is 0 Å². The Balaban J connectivity index is 1.62. The Hall–Kier alpha value is -3.15. The van der Waals surface area contributed by atoms with Crippen LogP contribution in [0.15, 0.2) is 47.3 Å². The number of carbonyl (C=O) groups is 1. The van der Waals surface area contributed by atoms with E-state index in [-0.39, 0.29) is 17.5 Å². The fourth-order valence-corrected chi connectivity index (χ4v) is 4.09. The quantitative estimate of drug-likeness (QED) is 0.670. The summed E-state index contributed by atoms with van der Waals surface area (Å²) in [5.74, 6) is -0.110. The van der Waals surface area contributed by atoms with Crippen molar-refractivity contribution in [1.29, 1.82) is 0 Å². The van der Waals surface area contributed by atoms with Gasteiger partial charge in [0.2, 0.25) is 0 Å². The molecule has 4 rings (SSSR count). The highest BCUT2D eigenvalue weighted by atomic mass is 16.2. The third-order valence-corrected chi connectivity index (χ3v) is 6.00. The number of fused-ring (bicyclic) bond motifs is 1. The van der Waals surface area contributed by atoms with Crippen molar-refractivity contribution < 1.29 is 4.79 Å². The molecule has 156 valence electrons. The third kappa shape index (κ3) is 3.47. The zero-order chi connectivity index (χ0) is 21.4. The highest BCUT2D eigenvalue weighted by Gasteiger charge is 2.26. The first kappa shape index (κ1) is 20.1. The van der Waals surface area contributed by atoms with Crippen LogP contribution in [0.1, 0.15) is 41.5 Å². The Morgan fingerprint density at radius 3 is 2.27 bits per heavy atom. The lowest BCUT2D eigenvalue weighted by molar-refractivity contribution is 0.0740. The number of rotatable bonds is 3. The molecule has 0 atom stereocenters. The van der Waals surface area contributed by atoms with E-state index in [9.17, 15) is 9.59 Å². The largest absolute Gasteiger partial charge is 0.368 e. The number of hydrogen-bond donors (Lipinski definition) is 0. The molecule has 1 aliphatic rings. The molecule has 0 N–H and O–H groups in total. The zero-order valence-electron chi connectivity index (χ0n) is 18.1. The molecule has 0 radical (unpaired) electrons. The van der Waals surface area contributed by atoms with Gasteiger partial charge in [0.15, 0.2) is 5.69 Å². The van der Waals surface area contributed by atoms with Crippen molar-refractivity contribution in [3.05, 3.63) is 69.6 Å². The molecule has 1 amide bonds. The monoisotopic (exact) mass is 404 g/mol. The standard InChI is InChI=1S/C24H28N4O2/c1-16(2)28-23(29)20-10-6-5-9-19(20)22(25-28)24(30)27-14-12-26(13-15-27)21-11-7-8-17(3)18(21)4/h5-11,16H,12-15H2,1-4H3. The Morgan fingerprint density at radius 1 is 0.933 bits per heavy atom. The number of anilines is 1. The maximum absolute atomic E-state index is 13.4. The number of aryl methyl sites for hydroxylation is 1. The Kier molecular flexibility index (Phi) is 5.33. The van der Waals surface area contributed by atoms with Crippen LogP contribution in [0.5, 0.6) is 0 Å². The summed E-state index contributed by atoms with van der Waals surface area (Å²) in [5, 5.41) is 5.64. The molecular formula is C24H28N4O2. The topological polar surface area (TPSA) is 58.4 Å². The zero-order valence-corrected chi connectivity index (χ0v) is 18.1. The number of amides is 1.